The van der Waals surface area contributed by atoms with Gasteiger partial charge >= 0.3 is 0 Å². The summed E-state index contributed by atoms with van der Waals surface area (Å²) in [5, 5.41) is 6.51. The lowest BCUT2D eigenvalue weighted by molar-refractivity contribution is 0.491. The molecule has 0 radical (unpaired) electrons. The Bertz CT molecular complexity index is 48.9. The van der Waals surface area contributed by atoms with E-state index in [9.17, 15) is 0 Å². The van der Waals surface area contributed by atoms with Crippen LogP contribution in [0.4, 0.5) is 0 Å². The molecule has 0 aromatic carbocycles. The van der Waals surface area contributed by atoms with Crippen molar-refractivity contribution in [3.8, 4) is 0 Å². The molecule has 2 heteroatoms. The average Bonchev–Trinajstić information content (AvgIpc) is 1.88. The molecule has 0 aromatic heterocycles. The third-order valence-corrected chi connectivity index (χ3v) is 1.44. The monoisotopic (exact) mass is 130 g/mol. The molecular formula is C7H18N2. The minimum atomic E-state index is 0.653. The van der Waals surface area contributed by atoms with E-state index in [1.807, 2.05) is 7.05 Å². The fourth-order valence-electron chi connectivity index (χ4n) is 0.896. The van der Waals surface area contributed by atoms with E-state index in [1.165, 1.54) is 6.42 Å². The van der Waals surface area contributed by atoms with Gasteiger partial charge in [0.15, 0.2) is 0 Å². The van der Waals surface area contributed by atoms with Crippen LogP contribution in [0.2, 0.25) is 0 Å². The van der Waals surface area contributed by atoms with E-state index in [4.69, 9.17) is 0 Å². The summed E-state index contributed by atoms with van der Waals surface area (Å²) in [5.74, 6) is 0. The molecule has 2 N–H and O–H groups in total. The summed E-state index contributed by atoms with van der Waals surface area (Å²) >= 11 is 0. The zero-order valence-electron chi connectivity index (χ0n) is 6.70. The molecule has 1 atom stereocenters. The molecule has 0 saturated heterocycles. The third-order valence-electron chi connectivity index (χ3n) is 1.44. The summed E-state index contributed by atoms with van der Waals surface area (Å²) in [6, 6.07) is 0.653. The van der Waals surface area contributed by atoms with E-state index in [1.54, 1.807) is 0 Å². The molecule has 56 valence electrons. The van der Waals surface area contributed by atoms with Crippen molar-refractivity contribution in [1.29, 1.82) is 0 Å². The van der Waals surface area contributed by atoms with Crippen molar-refractivity contribution in [2.45, 2.75) is 26.3 Å². The second-order valence-corrected chi connectivity index (χ2v) is 2.22. The number of likely N-dealkylation sites (N-methyl/N-ethyl adjacent to an activating group) is 2. The molecule has 0 spiro atoms. The second-order valence-electron chi connectivity index (χ2n) is 2.22. The highest BCUT2D eigenvalue weighted by Crippen LogP contribution is 1.86. The van der Waals surface area contributed by atoms with Gasteiger partial charge in [-0.15, -0.1) is 0 Å². The van der Waals surface area contributed by atoms with Gasteiger partial charge in [0.05, 0.1) is 0 Å². The van der Waals surface area contributed by atoms with Crippen LogP contribution in [0.15, 0.2) is 0 Å². The van der Waals surface area contributed by atoms with Crippen LogP contribution in [0, 0.1) is 0 Å². The summed E-state index contributed by atoms with van der Waals surface area (Å²) in [6.45, 7) is 6.48. The molecule has 1 unspecified atom stereocenters. The summed E-state index contributed by atoms with van der Waals surface area (Å²) in [7, 11) is 1.99. The Morgan fingerprint density at radius 3 is 2.33 bits per heavy atom. The van der Waals surface area contributed by atoms with Crippen LogP contribution in [0.25, 0.3) is 0 Å². The first kappa shape index (κ1) is 8.92. The molecule has 0 aromatic rings. The lowest BCUT2D eigenvalue weighted by Crippen LogP contribution is -2.36. The van der Waals surface area contributed by atoms with Crippen molar-refractivity contribution in [1.82, 2.24) is 10.6 Å². The Hall–Kier alpha value is -0.0800. The molecule has 0 bridgehead atoms. The first-order valence-electron chi connectivity index (χ1n) is 3.73. The van der Waals surface area contributed by atoms with Crippen LogP contribution in [-0.4, -0.2) is 26.2 Å². The zero-order chi connectivity index (χ0) is 7.11. The van der Waals surface area contributed by atoms with Gasteiger partial charge < -0.3 is 10.6 Å². The van der Waals surface area contributed by atoms with Crippen molar-refractivity contribution in [3.63, 3.8) is 0 Å². The SMILES string of the molecule is CCNC(CC)CNC. The molecule has 0 aliphatic heterocycles. The fourth-order valence-corrected chi connectivity index (χ4v) is 0.896. The fraction of sp³-hybridized carbons (Fsp3) is 1.00. The lowest BCUT2D eigenvalue weighted by Gasteiger charge is -2.13. The van der Waals surface area contributed by atoms with Gasteiger partial charge in [0.1, 0.15) is 0 Å². The lowest BCUT2D eigenvalue weighted by atomic mass is 10.2. The van der Waals surface area contributed by atoms with Crippen LogP contribution < -0.4 is 10.6 Å². The van der Waals surface area contributed by atoms with Crippen molar-refractivity contribution < 1.29 is 0 Å². The maximum Gasteiger partial charge on any atom is 0.0189 e. The standard InChI is InChI=1S/C7H18N2/c1-4-7(6-8-3)9-5-2/h7-9H,4-6H2,1-3H3. The molecular weight excluding hydrogens is 112 g/mol. The highest BCUT2D eigenvalue weighted by Gasteiger charge is 1.99. The highest BCUT2D eigenvalue weighted by atomic mass is 15.0. The predicted molar refractivity (Wildman–Crippen MR) is 41.7 cm³/mol. The molecule has 2 nitrogen and oxygen atoms in total. The Labute approximate surface area is 58.0 Å². The molecule has 0 amide bonds. The zero-order valence-corrected chi connectivity index (χ0v) is 6.70. The van der Waals surface area contributed by atoms with Gasteiger partial charge in [-0.2, -0.15) is 0 Å². The maximum atomic E-state index is 3.37. The van der Waals surface area contributed by atoms with Crippen LogP contribution in [0.1, 0.15) is 20.3 Å². The summed E-state index contributed by atoms with van der Waals surface area (Å²) in [4.78, 5) is 0. The Morgan fingerprint density at radius 2 is 2.00 bits per heavy atom. The summed E-state index contributed by atoms with van der Waals surface area (Å²) in [6.07, 6.45) is 1.20. The normalized spacial score (nSPS) is 13.7. The Kier molecular flexibility index (Phi) is 5.99. The number of hydrogen-bond donors (Lipinski definition) is 2. The van der Waals surface area contributed by atoms with Crippen LogP contribution in [-0.2, 0) is 0 Å². The summed E-state index contributed by atoms with van der Waals surface area (Å²) < 4.78 is 0. The molecule has 0 rings (SSSR count). The van der Waals surface area contributed by atoms with Gasteiger partial charge in [0, 0.05) is 12.6 Å². The van der Waals surface area contributed by atoms with Gasteiger partial charge in [-0.05, 0) is 20.0 Å². The van der Waals surface area contributed by atoms with Gasteiger partial charge in [-0.25, -0.2) is 0 Å². The Balaban J connectivity index is 3.18. The van der Waals surface area contributed by atoms with Crippen molar-refractivity contribution in [3.05, 3.63) is 0 Å². The van der Waals surface area contributed by atoms with E-state index in [0.29, 0.717) is 6.04 Å². The van der Waals surface area contributed by atoms with Crippen LogP contribution in [0.5, 0.6) is 0 Å². The van der Waals surface area contributed by atoms with E-state index < -0.39 is 0 Å². The van der Waals surface area contributed by atoms with E-state index >= 15 is 0 Å². The van der Waals surface area contributed by atoms with Gasteiger partial charge in [0.25, 0.3) is 0 Å². The molecule has 0 aliphatic carbocycles. The Morgan fingerprint density at radius 1 is 1.33 bits per heavy atom. The molecule has 0 aliphatic rings. The number of rotatable bonds is 5. The van der Waals surface area contributed by atoms with E-state index in [0.717, 1.165) is 13.1 Å². The molecule has 0 heterocycles. The first-order valence-corrected chi connectivity index (χ1v) is 3.73. The third kappa shape index (κ3) is 4.43. The maximum absolute atomic E-state index is 3.37. The average molecular weight is 130 g/mol. The summed E-state index contributed by atoms with van der Waals surface area (Å²) in [5.41, 5.74) is 0. The quantitative estimate of drug-likeness (QED) is 0.569. The topological polar surface area (TPSA) is 24.1 Å². The van der Waals surface area contributed by atoms with Gasteiger partial charge in [-0.3, -0.25) is 0 Å². The largest absolute Gasteiger partial charge is 0.318 e. The van der Waals surface area contributed by atoms with E-state index in [-0.39, 0.29) is 0 Å². The van der Waals surface area contributed by atoms with E-state index in [2.05, 4.69) is 24.5 Å². The molecule has 0 saturated carbocycles. The van der Waals surface area contributed by atoms with Crippen LogP contribution >= 0.6 is 0 Å². The molecule has 0 fully saturated rings. The smallest absolute Gasteiger partial charge is 0.0189 e. The van der Waals surface area contributed by atoms with Gasteiger partial charge in [-0.1, -0.05) is 13.8 Å². The first-order chi connectivity index (χ1) is 4.35. The highest BCUT2D eigenvalue weighted by molar-refractivity contribution is 4.64. The van der Waals surface area contributed by atoms with Crippen molar-refractivity contribution in [2.75, 3.05) is 20.1 Å². The van der Waals surface area contributed by atoms with Crippen molar-refractivity contribution >= 4 is 0 Å². The predicted octanol–water partition coefficient (Wildman–Crippen LogP) is 0.594. The molecule has 9 heavy (non-hydrogen) atoms. The number of nitrogens with one attached hydrogen (secondary N) is 2. The second kappa shape index (κ2) is 6.05. The van der Waals surface area contributed by atoms with Crippen molar-refractivity contribution in [2.24, 2.45) is 0 Å². The van der Waals surface area contributed by atoms with Crippen LogP contribution in [0.3, 0.4) is 0 Å². The number of hydrogen-bond acceptors (Lipinski definition) is 2. The minimum Gasteiger partial charge on any atom is -0.318 e. The minimum absolute atomic E-state index is 0.653. The van der Waals surface area contributed by atoms with Gasteiger partial charge in [0.2, 0.25) is 0 Å².